The van der Waals surface area contributed by atoms with Gasteiger partial charge >= 0.3 is 0 Å². The number of hydrogen-bond donors (Lipinski definition) is 1. The van der Waals surface area contributed by atoms with E-state index in [1.807, 2.05) is 27.9 Å². The fraction of sp³-hybridized carbons (Fsp3) is 0.400. The molecular formula is C10H13BrN6. The summed E-state index contributed by atoms with van der Waals surface area (Å²) in [5.41, 5.74) is 3.36. The maximum atomic E-state index is 4.55. The van der Waals surface area contributed by atoms with E-state index < -0.39 is 0 Å². The monoisotopic (exact) mass is 296 g/mol. The maximum absolute atomic E-state index is 4.55. The van der Waals surface area contributed by atoms with Gasteiger partial charge in [0, 0.05) is 14.1 Å². The van der Waals surface area contributed by atoms with Crippen LogP contribution in [0.2, 0.25) is 0 Å². The normalized spacial score (nSPS) is 10.6. The van der Waals surface area contributed by atoms with Crippen LogP contribution in [0.1, 0.15) is 11.4 Å². The minimum absolute atomic E-state index is 0.661. The quantitative estimate of drug-likeness (QED) is 0.913. The number of halogens is 1. The molecule has 0 amide bonds. The number of aromatic nitrogens is 5. The van der Waals surface area contributed by atoms with Gasteiger partial charge in [-0.1, -0.05) is 5.21 Å². The van der Waals surface area contributed by atoms with Gasteiger partial charge in [-0.05, 0) is 29.8 Å². The van der Waals surface area contributed by atoms with Gasteiger partial charge in [-0.3, -0.25) is 0 Å². The van der Waals surface area contributed by atoms with Crippen molar-refractivity contribution < 1.29 is 0 Å². The smallest absolute Gasteiger partial charge is 0.158 e. The molecule has 0 unspecified atom stereocenters. The van der Waals surface area contributed by atoms with E-state index in [9.17, 15) is 0 Å². The second kappa shape index (κ2) is 4.40. The van der Waals surface area contributed by atoms with Crippen molar-refractivity contribution in [1.29, 1.82) is 0 Å². The number of nitrogens with zero attached hydrogens (tertiary/aromatic N) is 5. The molecule has 0 aromatic carbocycles. The lowest BCUT2D eigenvalue weighted by atomic mass is 10.2. The van der Waals surface area contributed by atoms with Gasteiger partial charge in [-0.2, -0.15) is 0 Å². The van der Waals surface area contributed by atoms with Gasteiger partial charge in [0.25, 0.3) is 0 Å². The fourth-order valence-corrected chi connectivity index (χ4v) is 2.04. The van der Waals surface area contributed by atoms with Crippen LogP contribution >= 0.6 is 15.9 Å². The van der Waals surface area contributed by atoms with Crippen molar-refractivity contribution >= 4 is 21.7 Å². The molecule has 2 aromatic heterocycles. The summed E-state index contributed by atoms with van der Waals surface area (Å²) in [6.07, 6.45) is 0. The van der Waals surface area contributed by atoms with Crippen molar-refractivity contribution in [2.45, 2.75) is 13.8 Å². The van der Waals surface area contributed by atoms with E-state index >= 15 is 0 Å². The Morgan fingerprint density at radius 1 is 1.18 bits per heavy atom. The van der Waals surface area contributed by atoms with Crippen molar-refractivity contribution in [3.8, 4) is 11.4 Å². The lowest BCUT2D eigenvalue weighted by Crippen LogP contribution is -2.05. The van der Waals surface area contributed by atoms with Gasteiger partial charge in [0.15, 0.2) is 10.4 Å². The first-order valence-corrected chi connectivity index (χ1v) is 5.92. The Labute approximate surface area is 108 Å². The summed E-state index contributed by atoms with van der Waals surface area (Å²) in [7, 11) is 3.64. The third-order valence-electron chi connectivity index (χ3n) is 2.55. The van der Waals surface area contributed by atoms with Crippen molar-refractivity contribution in [2.24, 2.45) is 7.05 Å². The first-order valence-electron chi connectivity index (χ1n) is 5.13. The van der Waals surface area contributed by atoms with Gasteiger partial charge in [-0.25, -0.2) is 14.6 Å². The van der Waals surface area contributed by atoms with Crippen molar-refractivity contribution in [1.82, 2.24) is 25.0 Å². The third kappa shape index (κ3) is 2.02. The average Bonchev–Trinajstić information content (AvgIpc) is 2.62. The Kier molecular flexibility index (Phi) is 3.10. The van der Waals surface area contributed by atoms with Crippen molar-refractivity contribution in [2.75, 3.05) is 12.4 Å². The van der Waals surface area contributed by atoms with Crippen molar-refractivity contribution in [3.05, 3.63) is 16.0 Å². The Morgan fingerprint density at radius 2 is 1.82 bits per heavy atom. The lowest BCUT2D eigenvalue weighted by molar-refractivity contribution is 0.718. The van der Waals surface area contributed by atoms with Crippen LogP contribution in [0.25, 0.3) is 11.4 Å². The zero-order valence-corrected chi connectivity index (χ0v) is 11.7. The largest absolute Gasteiger partial charge is 0.371 e. The van der Waals surface area contributed by atoms with E-state index in [1.54, 1.807) is 4.68 Å². The molecule has 2 rings (SSSR count). The first kappa shape index (κ1) is 12.0. The summed E-state index contributed by atoms with van der Waals surface area (Å²) in [6.45, 7) is 3.87. The summed E-state index contributed by atoms with van der Waals surface area (Å²) >= 11 is 3.37. The Balaban J connectivity index is 2.70. The molecule has 0 aliphatic heterocycles. The molecule has 0 aliphatic rings. The number of rotatable bonds is 2. The lowest BCUT2D eigenvalue weighted by Gasteiger charge is -2.10. The van der Waals surface area contributed by atoms with Gasteiger partial charge in [0.2, 0.25) is 0 Å². The molecule has 17 heavy (non-hydrogen) atoms. The number of nitrogens with one attached hydrogen (secondary N) is 1. The molecule has 7 heteroatoms. The van der Waals surface area contributed by atoms with E-state index in [1.165, 1.54) is 0 Å². The molecular weight excluding hydrogens is 284 g/mol. The Hall–Kier alpha value is -1.50. The Bertz CT molecular complexity index is 543. The second-order valence-electron chi connectivity index (χ2n) is 3.69. The molecule has 0 radical (unpaired) electrons. The number of hydrogen-bond acceptors (Lipinski definition) is 5. The molecule has 2 heterocycles. The number of anilines is 1. The molecule has 0 spiro atoms. The molecule has 0 atom stereocenters. The molecule has 0 fully saturated rings. The molecule has 2 aromatic rings. The SMILES string of the molecule is CNc1nc(C)c(C)nc1-c1c(Br)nnn1C. The van der Waals surface area contributed by atoms with Crippen LogP contribution < -0.4 is 5.32 Å². The van der Waals surface area contributed by atoms with E-state index in [0.717, 1.165) is 28.6 Å². The summed E-state index contributed by atoms with van der Waals surface area (Å²) in [4.78, 5) is 9.02. The summed E-state index contributed by atoms with van der Waals surface area (Å²) in [6, 6.07) is 0. The van der Waals surface area contributed by atoms with E-state index in [-0.39, 0.29) is 0 Å². The molecule has 0 bridgehead atoms. The average molecular weight is 297 g/mol. The highest BCUT2D eigenvalue weighted by atomic mass is 79.9. The van der Waals surface area contributed by atoms with Crippen LogP contribution in [0.3, 0.4) is 0 Å². The molecule has 6 nitrogen and oxygen atoms in total. The van der Waals surface area contributed by atoms with Crippen molar-refractivity contribution in [3.63, 3.8) is 0 Å². The van der Waals surface area contributed by atoms with E-state index in [2.05, 4.69) is 41.5 Å². The zero-order chi connectivity index (χ0) is 12.6. The standard InChI is InChI=1S/C10H13BrN6/c1-5-6(2)14-10(12-3)7(13-5)8-9(11)15-16-17(8)4/h1-4H3,(H,12,14). The predicted molar refractivity (Wildman–Crippen MR) is 68.7 cm³/mol. The Morgan fingerprint density at radius 3 is 2.35 bits per heavy atom. The van der Waals surface area contributed by atoms with Crippen LogP contribution in [-0.2, 0) is 7.05 Å². The zero-order valence-electron chi connectivity index (χ0n) is 10.1. The summed E-state index contributed by atoms with van der Waals surface area (Å²) < 4.78 is 2.33. The van der Waals surface area contributed by atoms with Gasteiger partial charge in [0.1, 0.15) is 11.4 Å². The number of aryl methyl sites for hydroxylation is 3. The topological polar surface area (TPSA) is 68.5 Å². The molecule has 1 N–H and O–H groups in total. The minimum Gasteiger partial charge on any atom is -0.371 e. The minimum atomic E-state index is 0.661. The summed E-state index contributed by atoms with van der Waals surface area (Å²) in [5.74, 6) is 0.721. The van der Waals surface area contributed by atoms with Crippen LogP contribution in [0.5, 0.6) is 0 Å². The van der Waals surface area contributed by atoms with Gasteiger partial charge in [-0.15, -0.1) is 5.10 Å². The van der Waals surface area contributed by atoms with Crippen LogP contribution in [0, 0.1) is 13.8 Å². The predicted octanol–water partition coefficient (Wildman–Crippen LogP) is 1.69. The molecule has 0 saturated heterocycles. The highest BCUT2D eigenvalue weighted by Crippen LogP contribution is 2.29. The van der Waals surface area contributed by atoms with Crippen LogP contribution in [-0.4, -0.2) is 32.0 Å². The van der Waals surface area contributed by atoms with Crippen LogP contribution in [0.15, 0.2) is 4.60 Å². The molecule has 0 aliphatic carbocycles. The first-order chi connectivity index (χ1) is 8.04. The second-order valence-corrected chi connectivity index (χ2v) is 4.45. The van der Waals surface area contributed by atoms with E-state index in [4.69, 9.17) is 0 Å². The van der Waals surface area contributed by atoms with E-state index in [0.29, 0.717) is 4.60 Å². The highest BCUT2D eigenvalue weighted by molar-refractivity contribution is 9.10. The summed E-state index contributed by atoms with van der Waals surface area (Å²) in [5, 5.41) is 10.9. The van der Waals surface area contributed by atoms with Crippen LogP contribution in [0.4, 0.5) is 5.82 Å². The third-order valence-corrected chi connectivity index (χ3v) is 3.09. The van der Waals surface area contributed by atoms with Gasteiger partial charge < -0.3 is 5.32 Å². The molecule has 0 saturated carbocycles. The fourth-order valence-electron chi connectivity index (χ4n) is 1.53. The van der Waals surface area contributed by atoms with Gasteiger partial charge in [0.05, 0.1) is 11.4 Å². The maximum Gasteiger partial charge on any atom is 0.158 e. The highest BCUT2D eigenvalue weighted by Gasteiger charge is 2.17. The molecule has 90 valence electrons.